The first-order valence-electron chi connectivity index (χ1n) is 10.3. The molecule has 4 saturated carbocycles. The van der Waals surface area contributed by atoms with Gasteiger partial charge in [-0.2, -0.15) is 0 Å². The molecule has 0 heterocycles. The lowest BCUT2D eigenvalue weighted by Crippen LogP contribution is -3.09. The fourth-order valence-corrected chi connectivity index (χ4v) is 6.36. The molecule has 2 N–H and O–H groups in total. The summed E-state index contributed by atoms with van der Waals surface area (Å²) in [6, 6.07) is 5.92. The van der Waals surface area contributed by atoms with Gasteiger partial charge in [0.05, 0.1) is 26.8 Å². The third-order valence-electron chi connectivity index (χ3n) is 6.88. The zero-order valence-electron chi connectivity index (χ0n) is 16.8. The van der Waals surface area contributed by atoms with E-state index in [2.05, 4.69) is 12.4 Å². The largest absolute Gasteiger partial charge is 0.493 e. The summed E-state index contributed by atoms with van der Waals surface area (Å²) in [6.07, 6.45) is 7.80. The Balaban J connectivity index is 1.36. The molecule has 27 heavy (non-hydrogen) atoms. The summed E-state index contributed by atoms with van der Waals surface area (Å²) in [5, 5.41) is 3.48. The van der Waals surface area contributed by atoms with Crippen LogP contribution in [0.25, 0.3) is 0 Å². The Morgan fingerprint density at radius 1 is 1.11 bits per heavy atom. The number of amides is 1. The Bertz CT molecular complexity index is 668. The van der Waals surface area contributed by atoms with E-state index in [1.54, 1.807) is 14.2 Å². The number of quaternary nitrogens is 1. The molecule has 1 aromatic rings. The average Bonchev–Trinajstić information content (AvgIpc) is 2.59. The molecular formula is C22H33N2O3+. The number of para-hydroxylation sites is 1. The van der Waals surface area contributed by atoms with Crippen molar-refractivity contribution in [3.8, 4) is 11.5 Å². The Morgan fingerprint density at radius 2 is 1.74 bits per heavy atom. The summed E-state index contributed by atoms with van der Waals surface area (Å²) in [6.45, 7) is 1.22. The molecule has 4 bridgehead atoms. The number of nitrogens with one attached hydrogen (secondary N) is 2. The van der Waals surface area contributed by atoms with Crippen molar-refractivity contribution in [3.63, 3.8) is 0 Å². The molecule has 0 aromatic heterocycles. The van der Waals surface area contributed by atoms with Crippen LogP contribution in [0.3, 0.4) is 0 Å². The van der Waals surface area contributed by atoms with Crippen molar-refractivity contribution in [2.75, 3.05) is 27.8 Å². The Kier molecular flexibility index (Phi) is 5.06. The molecule has 0 aliphatic heterocycles. The summed E-state index contributed by atoms with van der Waals surface area (Å²) in [5.74, 6) is 4.24. The van der Waals surface area contributed by atoms with E-state index in [0.717, 1.165) is 46.3 Å². The van der Waals surface area contributed by atoms with Crippen LogP contribution in [0.4, 0.5) is 0 Å². The van der Waals surface area contributed by atoms with Crippen molar-refractivity contribution in [2.45, 2.75) is 50.6 Å². The highest BCUT2D eigenvalue weighted by Gasteiger charge is 2.51. The van der Waals surface area contributed by atoms with Crippen LogP contribution >= 0.6 is 0 Å². The Labute approximate surface area is 162 Å². The molecule has 4 fully saturated rings. The molecule has 0 spiro atoms. The van der Waals surface area contributed by atoms with Crippen LogP contribution in [0.15, 0.2) is 18.2 Å². The van der Waals surface area contributed by atoms with Crippen molar-refractivity contribution in [3.05, 3.63) is 23.8 Å². The minimum absolute atomic E-state index is 0.0970. The van der Waals surface area contributed by atoms with E-state index in [-0.39, 0.29) is 11.4 Å². The normalized spacial score (nSPS) is 32.2. The SMILES string of the molecule is COc1cccc(C[NH+](C)CC(=O)NC23CC4CC(CC(C4)C2)C3)c1OC. The van der Waals surface area contributed by atoms with Crippen LogP contribution in [0.2, 0.25) is 0 Å². The number of ether oxygens (including phenoxy) is 2. The lowest BCUT2D eigenvalue weighted by molar-refractivity contribution is -0.885. The Morgan fingerprint density at radius 3 is 2.30 bits per heavy atom. The minimum atomic E-state index is 0.0970. The highest BCUT2D eigenvalue weighted by molar-refractivity contribution is 5.77. The van der Waals surface area contributed by atoms with Gasteiger partial charge in [-0.15, -0.1) is 0 Å². The number of carbonyl (C=O) groups is 1. The van der Waals surface area contributed by atoms with Gasteiger partial charge in [-0.25, -0.2) is 0 Å². The second-order valence-corrected chi connectivity index (χ2v) is 9.21. The molecule has 1 unspecified atom stereocenters. The summed E-state index contributed by atoms with van der Waals surface area (Å²) < 4.78 is 10.9. The number of hydrogen-bond acceptors (Lipinski definition) is 3. The van der Waals surface area contributed by atoms with Crippen molar-refractivity contribution in [2.24, 2.45) is 17.8 Å². The fourth-order valence-electron chi connectivity index (χ4n) is 6.36. The van der Waals surface area contributed by atoms with Crippen LogP contribution in [0, 0.1) is 17.8 Å². The second-order valence-electron chi connectivity index (χ2n) is 9.21. The van der Waals surface area contributed by atoms with E-state index in [0.29, 0.717) is 6.54 Å². The predicted molar refractivity (Wildman–Crippen MR) is 104 cm³/mol. The molecule has 5 nitrogen and oxygen atoms in total. The summed E-state index contributed by atoms with van der Waals surface area (Å²) in [5.41, 5.74) is 1.16. The zero-order valence-corrected chi connectivity index (χ0v) is 16.8. The molecular weight excluding hydrogens is 340 g/mol. The molecule has 4 aliphatic rings. The van der Waals surface area contributed by atoms with Gasteiger partial charge in [0.15, 0.2) is 18.0 Å². The highest BCUT2D eigenvalue weighted by atomic mass is 16.5. The molecule has 1 amide bonds. The van der Waals surface area contributed by atoms with Gasteiger partial charge in [0.1, 0.15) is 6.54 Å². The van der Waals surface area contributed by atoms with Crippen molar-refractivity contribution in [1.82, 2.24) is 5.32 Å². The third kappa shape index (κ3) is 3.79. The number of likely N-dealkylation sites (N-methyl/N-ethyl adjacent to an activating group) is 1. The van der Waals surface area contributed by atoms with E-state index in [4.69, 9.17) is 9.47 Å². The summed E-state index contributed by atoms with van der Waals surface area (Å²) >= 11 is 0. The van der Waals surface area contributed by atoms with Crippen molar-refractivity contribution >= 4 is 5.91 Å². The molecule has 5 rings (SSSR count). The lowest BCUT2D eigenvalue weighted by Gasteiger charge is -2.56. The minimum Gasteiger partial charge on any atom is -0.493 e. The number of rotatable bonds is 7. The molecule has 1 aromatic carbocycles. The first kappa shape index (κ1) is 18.6. The molecule has 5 heteroatoms. The van der Waals surface area contributed by atoms with E-state index in [9.17, 15) is 4.79 Å². The second kappa shape index (κ2) is 7.34. The number of hydrogen-bond donors (Lipinski definition) is 2. The van der Waals surface area contributed by atoms with Gasteiger partial charge in [0.25, 0.3) is 5.91 Å². The summed E-state index contributed by atoms with van der Waals surface area (Å²) in [4.78, 5) is 14.0. The van der Waals surface area contributed by atoms with Gasteiger partial charge in [-0.1, -0.05) is 6.07 Å². The van der Waals surface area contributed by atoms with E-state index in [1.807, 2.05) is 18.2 Å². The van der Waals surface area contributed by atoms with Gasteiger partial charge in [0.2, 0.25) is 0 Å². The maximum atomic E-state index is 12.8. The van der Waals surface area contributed by atoms with Gasteiger partial charge in [0, 0.05) is 5.54 Å². The van der Waals surface area contributed by atoms with Crippen LogP contribution in [-0.4, -0.2) is 39.3 Å². The molecule has 0 saturated heterocycles. The number of benzene rings is 1. The third-order valence-corrected chi connectivity index (χ3v) is 6.88. The van der Waals surface area contributed by atoms with E-state index < -0.39 is 0 Å². The first-order chi connectivity index (χ1) is 13.0. The van der Waals surface area contributed by atoms with E-state index >= 15 is 0 Å². The predicted octanol–water partition coefficient (Wildman–Crippen LogP) is 1.80. The smallest absolute Gasteiger partial charge is 0.275 e. The monoisotopic (exact) mass is 373 g/mol. The topological polar surface area (TPSA) is 52.0 Å². The first-order valence-corrected chi connectivity index (χ1v) is 10.3. The fraction of sp³-hybridized carbons (Fsp3) is 0.682. The van der Waals surface area contributed by atoms with Gasteiger partial charge in [-0.3, -0.25) is 4.79 Å². The van der Waals surface area contributed by atoms with Gasteiger partial charge in [-0.05, 0) is 68.4 Å². The molecule has 0 radical (unpaired) electrons. The quantitative estimate of drug-likeness (QED) is 0.766. The van der Waals surface area contributed by atoms with E-state index in [1.165, 1.54) is 38.5 Å². The van der Waals surface area contributed by atoms with Crippen LogP contribution < -0.4 is 19.7 Å². The van der Waals surface area contributed by atoms with Crippen LogP contribution in [0.1, 0.15) is 44.1 Å². The molecule has 148 valence electrons. The van der Waals surface area contributed by atoms with Crippen molar-refractivity contribution in [1.29, 1.82) is 0 Å². The van der Waals surface area contributed by atoms with Gasteiger partial charge < -0.3 is 19.7 Å². The molecule has 4 aliphatic carbocycles. The lowest BCUT2D eigenvalue weighted by atomic mass is 9.53. The van der Waals surface area contributed by atoms with Crippen LogP contribution in [0.5, 0.6) is 11.5 Å². The average molecular weight is 374 g/mol. The van der Waals surface area contributed by atoms with Gasteiger partial charge >= 0.3 is 0 Å². The summed E-state index contributed by atoms with van der Waals surface area (Å²) in [7, 11) is 5.38. The Hall–Kier alpha value is -1.75. The number of methoxy groups -OCH3 is 2. The maximum absolute atomic E-state index is 12.8. The number of carbonyl (C=O) groups excluding carboxylic acids is 1. The standard InChI is InChI=1S/C22H32N2O3/c1-24(13-18-5-4-6-19(26-2)21(18)27-3)14-20(25)23-22-10-15-7-16(11-22)9-17(8-15)12-22/h4-6,15-17H,7-14H2,1-3H3,(H,23,25)/p+1. The highest BCUT2D eigenvalue weighted by Crippen LogP contribution is 2.55. The zero-order chi connectivity index (χ0) is 19.0. The molecule has 1 atom stereocenters. The van der Waals surface area contributed by atoms with Crippen LogP contribution in [-0.2, 0) is 11.3 Å². The van der Waals surface area contributed by atoms with Crippen molar-refractivity contribution < 1.29 is 19.2 Å². The maximum Gasteiger partial charge on any atom is 0.275 e.